The summed E-state index contributed by atoms with van der Waals surface area (Å²) in [4.78, 5) is 30.3. The molecular weight excluding hydrogens is 479 g/mol. The monoisotopic (exact) mass is 505 g/mol. The lowest BCUT2D eigenvalue weighted by molar-refractivity contribution is -0.133. The van der Waals surface area contributed by atoms with Gasteiger partial charge in [-0.1, -0.05) is 12.1 Å². The molecule has 0 fully saturated rings. The first-order valence-electron chi connectivity index (χ1n) is 11.1. The number of fused-ring (bicyclic) bond motifs is 1. The zero-order valence-corrected chi connectivity index (χ0v) is 19.5. The van der Waals surface area contributed by atoms with Crippen LogP contribution in [0.15, 0.2) is 48.7 Å². The fourth-order valence-corrected chi connectivity index (χ4v) is 3.58. The van der Waals surface area contributed by atoms with Crippen LogP contribution in [0.2, 0.25) is 0 Å². The van der Waals surface area contributed by atoms with E-state index in [9.17, 15) is 33.0 Å². The number of aliphatic hydroxyl groups excluding tert-OH is 2. The van der Waals surface area contributed by atoms with E-state index in [2.05, 4.69) is 10.3 Å². The fraction of sp³-hybridized carbons (Fsp3) is 0.320. The van der Waals surface area contributed by atoms with Gasteiger partial charge in [0.15, 0.2) is 11.6 Å². The van der Waals surface area contributed by atoms with E-state index in [0.29, 0.717) is 10.8 Å². The Hall–Kier alpha value is -3.70. The van der Waals surface area contributed by atoms with Crippen molar-refractivity contribution in [2.45, 2.75) is 31.4 Å². The highest BCUT2D eigenvalue weighted by Crippen LogP contribution is 2.19. The zero-order chi connectivity index (χ0) is 26.2. The number of aliphatic hydroxyl groups is 2. The summed E-state index contributed by atoms with van der Waals surface area (Å²) in [7, 11) is 1.42. The van der Waals surface area contributed by atoms with Crippen LogP contribution in [0.1, 0.15) is 18.4 Å². The summed E-state index contributed by atoms with van der Waals surface area (Å²) >= 11 is 0. The number of nitrogens with zero attached hydrogens (tertiary/aromatic N) is 2. The number of halogens is 3. The molecule has 2 aromatic carbocycles. The van der Waals surface area contributed by atoms with Crippen molar-refractivity contribution in [2.24, 2.45) is 0 Å². The number of ether oxygens (including phenoxy) is 1. The van der Waals surface area contributed by atoms with Crippen LogP contribution >= 0.6 is 0 Å². The maximum absolute atomic E-state index is 13.9. The lowest BCUT2D eigenvalue weighted by Crippen LogP contribution is -2.43. The number of hydrogen-bond donors (Lipinski definition) is 3. The Balaban J connectivity index is 1.60. The molecule has 0 aliphatic carbocycles. The van der Waals surface area contributed by atoms with Crippen LogP contribution in [0.25, 0.3) is 10.8 Å². The van der Waals surface area contributed by atoms with Gasteiger partial charge < -0.3 is 19.8 Å². The highest BCUT2D eigenvalue weighted by atomic mass is 19.2. The molecule has 36 heavy (non-hydrogen) atoms. The number of aryl methyl sites for hydroxylation is 1. The Morgan fingerprint density at radius 1 is 1.14 bits per heavy atom. The average molecular weight is 505 g/mol. The second kappa shape index (κ2) is 12.3. The molecule has 0 saturated carbocycles. The number of pyridine rings is 1. The molecule has 1 heterocycles. The number of benzene rings is 2. The number of rotatable bonds is 10. The van der Waals surface area contributed by atoms with Crippen LogP contribution in [0.5, 0.6) is 0 Å². The smallest absolute Gasteiger partial charge is 0.412 e. The molecule has 0 spiro atoms. The van der Waals surface area contributed by atoms with Crippen molar-refractivity contribution in [1.82, 2.24) is 9.88 Å². The normalized spacial score (nSPS) is 12.7. The molecule has 1 aromatic heterocycles. The summed E-state index contributed by atoms with van der Waals surface area (Å²) < 4.78 is 45.9. The summed E-state index contributed by atoms with van der Waals surface area (Å²) in [5, 5.41) is 22.7. The number of hydrogen-bond acceptors (Lipinski definition) is 6. The molecule has 0 aliphatic rings. The predicted octanol–water partition coefficient (Wildman–Crippen LogP) is 3.40. The van der Waals surface area contributed by atoms with Gasteiger partial charge in [0.2, 0.25) is 5.91 Å². The maximum Gasteiger partial charge on any atom is 0.412 e. The predicted molar refractivity (Wildman–Crippen MR) is 126 cm³/mol. The Bertz CT molecular complexity index is 1230. The maximum atomic E-state index is 13.9. The molecule has 0 aliphatic heterocycles. The topological polar surface area (TPSA) is 112 Å². The van der Waals surface area contributed by atoms with E-state index in [1.54, 1.807) is 6.07 Å². The van der Waals surface area contributed by atoms with Crippen LogP contribution in [0.3, 0.4) is 0 Å². The summed E-state index contributed by atoms with van der Waals surface area (Å²) in [5.41, 5.74) is 0.0436. The second-order valence-corrected chi connectivity index (χ2v) is 8.23. The van der Waals surface area contributed by atoms with Gasteiger partial charge in [0.05, 0.1) is 18.8 Å². The lowest BCUT2D eigenvalue weighted by atomic mass is 10.1. The van der Waals surface area contributed by atoms with E-state index in [4.69, 9.17) is 4.74 Å². The molecule has 2 atom stereocenters. The Morgan fingerprint density at radius 2 is 1.92 bits per heavy atom. The van der Waals surface area contributed by atoms with E-state index < -0.39 is 48.2 Å². The van der Waals surface area contributed by atoms with E-state index in [1.165, 1.54) is 48.5 Å². The second-order valence-electron chi connectivity index (χ2n) is 8.23. The van der Waals surface area contributed by atoms with Gasteiger partial charge in [0.1, 0.15) is 18.2 Å². The van der Waals surface area contributed by atoms with Gasteiger partial charge in [0, 0.05) is 25.1 Å². The van der Waals surface area contributed by atoms with Gasteiger partial charge in [-0.15, -0.1) is 0 Å². The number of nitrogens with one attached hydrogen (secondary N) is 1. The first-order valence-corrected chi connectivity index (χ1v) is 11.1. The summed E-state index contributed by atoms with van der Waals surface area (Å²) in [6.45, 7) is -0.904. The van der Waals surface area contributed by atoms with E-state index >= 15 is 0 Å². The van der Waals surface area contributed by atoms with Crippen molar-refractivity contribution in [1.29, 1.82) is 0 Å². The van der Waals surface area contributed by atoms with Gasteiger partial charge in [-0.25, -0.2) is 22.9 Å². The van der Waals surface area contributed by atoms with Crippen molar-refractivity contribution in [3.63, 3.8) is 0 Å². The molecule has 8 nitrogen and oxygen atoms in total. The molecule has 11 heteroatoms. The van der Waals surface area contributed by atoms with Crippen LogP contribution in [-0.2, 0) is 16.0 Å². The largest absolute Gasteiger partial charge is 0.447 e. The average Bonchev–Trinajstić information content (AvgIpc) is 2.86. The third kappa shape index (κ3) is 7.15. The number of likely N-dealkylation sites (N-methyl/N-ethyl adjacent to an activating group) is 1. The SMILES string of the molecule is CN(C(=O)CCc1cccc(F)c1F)[C@H](COC(=O)Nc1cc2cc(F)ccc2cn1)C[C@@H](O)CO. The molecule has 2 amide bonds. The molecule has 3 rings (SSSR count). The number of anilines is 1. The molecule has 3 aromatic rings. The minimum Gasteiger partial charge on any atom is -0.447 e. The molecule has 3 N–H and O–H groups in total. The van der Waals surface area contributed by atoms with Crippen LogP contribution in [-0.4, -0.2) is 64.5 Å². The zero-order valence-electron chi connectivity index (χ0n) is 19.5. The molecule has 0 radical (unpaired) electrons. The first kappa shape index (κ1) is 26.9. The molecule has 0 bridgehead atoms. The standard InChI is InChI=1S/C25H26F3N3O5/c1-31(23(34)8-6-15-3-2-4-21(27)24(15)28)19(11-20(33)13-32)14-36-25(35)30-22-10-17-9-18(26)7-5-16(17)12-29-22/h2-5,7,9-10,12,19-20,32-33H,6,8,11,13-14H2,1H3,(H,29,30,35)/t19-,20+/m0/s1. The molecule has 0 unspecified atom stereocenters. The van der Waals surface area contributed by atoms with Gasteiger partial charge >= 0.3 is 6.09 Å². The fourth-order valence-electron chi connectivity index (χ4n) is 3.58. The minimum atomic E-state index is -1.19. The van der Waals surface area contributed by atoms with Gasteiger partial charge in [0.25, 0.3) is 0 Å². The summed E-state index contributed by atoms with van der Waals surface area (Å²) in [6, 6.07) is 8.47. The van der Waals surface area contributed by atoms with Crippen molar-refractivity contribution in [3.8, 4) is 0 Å². The van der Waals surface area contributed by atoms with Gasteiger partial charge in [-0.05, 0) is 54.1 Å². The first-order chi connectivity index (χ1) is 17.2. The summed E-state index contributed by atoms with van der Waals surface area (Å²) in [5.74, 6) is -2.82. The number of carbonyl (C=O) groups is 2. The number of aromatic nitrogens is 1. The molecular formula is C25H26F3N3O5. The van der Waals surface area contributed by atoms with E-state index in [-0.39, 0.29) is 37.3 Å². The number of carbonyl (C=O) groups excluding carboxylic acids is 2. The van der Waals surface area contributed by atoms with Crippen molar-refractivity contribution >= 4 is 28.6 Å². The Labute approximate surface area is 205 Å². The van der Waals surface area contributed by atoms with Crippen LogP contribution in [0.4, 0.5) is 23.8 Å². The minimum absolute atomic E-state index is 0.0436. The Kier molecular flexibility index (Phi) is 9.20. The molecule has 0 saturated heterocycles. The van der Waals surface area contributed by atoms with Crippen molar-refractivity contribution < 1.29 is 37.7 Å². The van der Waals surface area contributed by atoms with Gasteiger partial charge in [-0.3, -0.25) is 10.1 Å². The number of amides is 2. The van der Waals surface area contributed by atoms with Crippen molar-refractivity contribution in [2.75, 3.05) is 25.6 Å². The van der Waals surface area contributed by atoms with E-state index in [0.717, 1.165) is 6.07 Å². The lowest BCUT2D eigenvalue weighted by Gasteiger charge is -2.29. The highest BCUT2D eigenvalue weighted by molar-refractivity contribution is 5.89. The summed E-state index contributed by atoms with van der Waals surface area (Å²) in [6.07, 6.45) is -0.949. The Morgan fingerprint density at radius 3 is 2.67 bits per heavy atom. The highest BCUT2D eigenvalue weighted by Gasteiger charge is 2.25. The third-order valence-electron chi connectivity index (χ3n) is 5.66. The molecule has 192 valence electrons. The van der Waals surface area contributed by atoms with Gasteiger partial charge in [-0.2, -0.15) is 0 Å². The van der Waals surface area contributed by atoms with Crippen LogP contribution in [0, 0.1) is 17.5 Å². The van der Waals surface area contributed by atoms with Crippen molar-refractivity contribution in [3.05, 3.63) is 71.7 Å². The quantitative estimate of drug-likeness (QED) is 0.390. The third-order valence-corrected chi connectivity index (χ3v) is 5.66. The van der Waals surface area contributed by atoms with Crippen LogP contribution < -0.4 is 5.32 Å². The van der Waals surface area contributed by atoms with E-state index in [1.807, 2.05) is 0 Å².